The van der Waals surface area contributed by atoms with Gasteiger partial charge in [0.2, 0.25) is 0 Å². The summed E-state index contributed by atoms with van der Waals surface area (Å²) in [7, 11) is 0. The van der Waals surface area contributed by atoms with Crippen molar-refractivity contribution in [3.05, 3.63) is 59.7 Å². The second-order valence-electron chi connectivity index (χ2n) is 4.66. The molecule has 0 aromatic heterocycles. The fourth-order valence-electron chi connectivity index (χ4n) is 2.18. The summed E-state index contributed by atoms with van der Waals surface area (Å²) in [5.74, 6) is -0.815. The van der Waals surface area contributed by atoms with E-state index in [0.29, 0.717) is 11.4 Å². The van der Waals surface area contributed by atoms with Gasteiger partial charge in [-0.3, -0.25) is 19.7 Å². The number of carbonyl (C=O) groups is 3. The maximum atomic E-state index is 11.9. The summed E-state index contributed by atoms with van der Waals surface area (Å²) in [6, 6.07) is 13.6. The Labute approximate surface area is 126 Å². The number of hydrogen-bond acceptors (Lipinski definition) is 4. The summed E-state index contributed by atoms with van der Waals surface area (Å²) < 4.78 is 5.33. The predicted octanol–water partition coefficient (Wildman–Crippen LogP) is 1.59. The van der Waals surface area contributed by atoms with E-state index in [0.717, 1.165) is 0 Å². The summed E-state index contributed by atoms with van der Waals surface area (Å²) >= 11 is 0. The van der Waals surface area contributed by atoms with Crippen molar-refractivity contribution in [2.24, 2.45) is 0 Å². The topological polar surface area (TPSA) is 84.5 Å². The predicted molar refractivity (Wildman–Crippen MR) is 78.8 cm³/mol. The van der Waals surface area contributed by atoms with Gasteiger partial charge in [0.15, 0.2) is 6.61 Å². The lowest BCUT2D eigenvalue weighted by molar-refractivity contribution is -0.118. The summed E-state index contributed by atoms with van der Waals surface area (Å²) in [6.07, 6.45) is 0. The van der Waals surface area contributed by atoms with E-state index in [1.165, 1.54) is 6.07 Å². The molecule has 0 saturated heterocycles. The molecular formula is C16H12N2O4. The normalized spacial score (nSPS) is 12.5. The van der Waals surface area contributed by atoms with E-state index in [1.54, 1.807) is 36.4 Å². The van der Waals surface area contributed by atoms with Gasteiger partial charge in [0.05, 0.1) is 16.8 Å². The summed E-state index contributed by atoms with van der Waals surface area (Å²) in [4.78, 5) is 35.2. The Bertz CT molecular complexity index is 756. The van der Waals surface area contributed by atoms with Crippen molar-refractivity contribution in [1.82, 2.24) is 5.32 Å². The molecule has 0 unspecified atom stereocenters. The molecule has 0 spiro atoms. The van der Waals surface area contributed by atoms with E-state index in [-0.39, 0.29) is 17.7 Å². The zero-order valence-electron chi connectivity index (χ0n) is 11.5. The van der Waals surface area contributed by atoms with Crippen LogP contribution in [-0.4, -0.2) is 24.3 Å². The Morgan fingerprint density at radius 1 is 1.00 bits per heavy atom. The van der Waals surface area contributed by atoms with Gasteiger partial charge >= 0.3 is 0 Å². The quantitative estimate of drug-likeness (QED) is 0.839. The van der Waals surface area contributed by atoms with Gasteiger partial charge in [0.25, 0.3) is 17.7 Å². The van der Waals surface area contributed by atoms with Crippen LogP contribution in [0.1, 0.15) is 20.7 Å². The molecule has 110 valence electrons. The van der Waals surface area contributed by atoms with E-state index in [9.17, 15) is 14.4 Å². The average Bonchev–Trinajstić information content (AvgIpc) is 2.82. The van der Waals surface area contributed by atoms with Crippen molar-refractivity contribution < 1.29 is 19.1 Å². The molecule has 0 atom stereocenters. The van der Waals surface area contributed by atoms with Crippen LogP contribution in [0.4, 0.5) is 5.69 Å². The second-order valence-corrected chi connectivity index (χ2v) is 4.66. The van der Waals surface area contributed by atoms with E-state index >= 15 is 0 Å². The molecule has 0 bridgehead atoms. The molecule has 0 aliphatic carbocycles. The van der Waals surface area contributed by atoms with Gasteiger partial charge in [-0.15, -0.1) is 0 Å². The Kier molecular flexibility index (Phi) is 3.57. The first-order valence-electron chi connectivity index (χ1n) is 6.61. The molecule has 22 heavy (non-hydrogen) atoms. The molecular weight excluding hydrogens is 284 g/mol. The first-order valence-corrected chi connectivity index (χ1v) is 6.61. The number of imide groups is 1. The van der Waals surface area contributed by atoms with Crippen LogP contribution in [0, 0.1) is 0 Å². The molecule has 2 aromatic carbocycles. The largest absolute Gasteiger partial charge is 0.484 e. The second kappa shape index (κ2) is 5.69. The number of carbonyl (C=O) groups excluding carboxylic acids is 3. The number of amides is 3. The molecule has 0 fully saturated rings. The third-order valence-corrected chi connectivity index (χ3v) is 3.15. The van der Waals surface area contributed by atoms with Gasteiger partial charge in [-0.05, 0) is 24.3 Å². The molecule has 1 heterocycles. The van der Waals surface area contributed by atoms with E-state index in [1.807, 2.05) is 6.07 Å². The molecule has 3 amide bonds. The highest BCUT2D eigenvalue weighted by Crippen LogP contribution is 2.24. The highest BCUT2D eigenvalue weighted by atomic mass is 16.5. The molecule has 1 aliphatic heterocycles. The van der Waals surface area contributed by atoms with Crippen LogP contribution in [0.5, 0.6) is 5.75 Å². The maximum absolute atomic E-state index is 11.9. The summed E-state index contributed by atoms with van der Waals surface area (Å²) in [6.45, 7) is -0.191. The van der Waals surface area contributed by atoms with Crippen LogP contribution >= 0.6 is 0 Å². The van der Waals surface area contributed by atoms with E-state index in [4.69, 9.17) is 4.74 Å². The van der Waals surface area contributed by atoms with Crippen LogP contribution in [0.2, 0.25) is 0 Å². The Morgan fingerprint density at radius 2 is 1.77 bits per heavy atom. The molecule has 0 saturated carbocycles. The number of ether oxygens (including phenoxy) is 1. The number of fused-ring (bicyclic) bond motifs is 1. The number of rotatable bonds is 4. The van der Waals surface area contributed by atoms with Crippen LogP contribution in [0.25, 0.3) is 0 Å². The Morgan fingerprint density at radius 3 is 2.55 bits per heavy atom. The standard InChI is InChI=1S/C16H12N2O4/c19-13(9-22-10-5-2-1-3-6-10)17-12-8-4-7-11-14(12)16(21)18-15(11)20/h1-8H,9H2,(H,17,19)(H,18,20,21). The zero-order chi connectivity index (χ0) is 15.5. The van der Waals surface area contributed by atoms with Crippen molar-refractivity contribution in [2.45, 2.75) is 0 Å². The van der Waals surface area contributed by atoms with Gasteiger partial charge in [0, 0.05) is 0 Å². The van der Waals surface area contributed by atoms with Crippen LogP contribution < -0.4 is 15.4 Å². The molecule has 1 aliphatic rings. The number of anilines is 1. The van der Waals surface area contributed by atoms with Crippen molar-refractivity contribution in [2.75, 3.05) is 11.9 Å². The van der Waals surface area contributed by atoms with Crippen LogP contribution in [0.3, 0.4) is 0 Å². The van der Waals surface area contributed by atoms with Gasteiger partial charge in [-0.25, -0.2) is 0 Å². The van der Waals surface area contributed by atoms with E-state index < -0.39 is 17.7 Å². The monoisotopic (exact) mass is 296 g/mol. The van der Waals surface area contributed by atoms with Gasteiger partial charge in [0.1, 0.15) is 5.75 Å². The SMILES string of the molecule is O=C(COc1ccccc1)Nc1cccc2c1C(=O)NC2=O. The van der Waals surface area contributed by atoms with Crippen molar-refractivity contribution in [1.29, 1.82) is 0 Å². The third-order valence-electron chi connectivity index (χ3n) is 3.15. The molecule has 2 aromatic rings. The molecule has 6 nitrogen and oxygen atoms in total. The molecule has 3 rings (SSSR count). The lowest BCUT2D eigenvalue weighted by Crippen LogP contribution is -2.23. The first kappa shape index (κ1) is 13.8. The van der Waals surface area contributed by atoms with Gasteiger partial charge in [-0.2, -0.15) is 0 Å². The third kappa shape index (κ3) is 2.67. The van der Waals surface area contributed by atoms with E-state index in [2.05, 4.69) is 10.6 Å². The average molecular weight is 296 g/mol. The van der Waals surface area contributed by atoms with Crippen molar-refractivity contribution >= 4 is 23.4 Å². The molecule has 2 N–H and O–H groups in total. The summed E-state index contributed by atoms with van der Waals surface area (Å²) in [5.41, 5.74) is 0.731. The Hall–Kier alpha value is -3.15. The number of nitrogens with one attached hydrogen (secondary N) is 2. The lowest BCUT2D eigenvalue weighted by atomic mass is 10.1. The molecule has 0 radical (unpaired) electrons. The maximum Gasteiger partial charge on any atom is 0.262 e. The first-order chi connectivity index (χ1) is 10.6. The number of hydrogen-bond donors (Lipinski definition) is 2. The zero-order valence-corrected chi connectivity index (χ0v) is 11.5. The minimum atomic E-state index is -0.514. The van der Waals surface area contributed by atoms with Gasteiger partial charge in [-0.1, -0.05) is 24.3 Å². The number of para-hydroxylation sites is 1. The highest BCUT2D eigenvalue weighted by molar-refractivity contribution is 6.24. The minimum absolute atomic E-state index is 0.181. The lowest BCUT2D eigenvalue weighted by Gasteiger charge is -2.09. The smallest absolute Gasteiger partial charge is 0.262 e. The number of benzene rings is 2. The highest BCUT2D eigenvalue weighted by Gasteiger charge is 2.29. The van der Waals surface area contributed by atoms with Crippen molar-refractivity contribution in [3.8, 4) is 5.75 Å². The van der Waals surface area contributed by atoms with Gasteiger partial charge < -0.3 is 10.1 Å². The fraction of sp³-hybridized carbons (Fsp3) is 0.0625. The van der Waals surface area contributed by atoms with Crippen LogP contribution in [-0.2, 0) is 4.79 Å². The Balaban J connectivity index is 1.70. The molecule has 6 heteroatoms. The van der Waals surface area contributed by atoms with Crippen LogP contribution in [0.15, 0.2) is 48.5 Å². The summed E-state index contributed by atoms with van der Waals surface area (Å²) in [5, 5.41) is 4.78. The minimum Gasteiger partial charge on any atom is -0.484 e. The fourth-order valence-corrected chi connectivity index (χ4v) is 2.18. The van der Waals surface area contributed by atoms with Crippen molar-refractivity contribution in [3.63, 3.8) is 0 Å².